The molecule has 0 bridgehead atoms. The highest BCUT2D eigenvalue weighted by molar-refractivity contribution is 7.99. The summed E-state index contributed by atoms with van der Waals surface area (Å²) in [6.07, 6.45) is 2.10. The summed E-state index contributed by atoms with van der Waals surface area (Å²) in [6, 6.07) is 10.9. The van der Waals surface area contributed by atoms with Crippen LogP contribution in [-0.2, 0) is 4.74 Å². The molecule has 4 rings (SSSR count). The smallest absolute Gasteiger partial charge is 0.180 e. The van der Waals surface area contributed by atoms with Crippen molar-refractivity contribution in [3.63, 3.8) is 0 Å². The summed E-state index contributed by atoms with van der Waals surface area (Å²) in [6.45, 7) is 0.0187. The van der Waals surface area contributed by atoms with Gasteiger partial charge in [-0.3, -0.25) is 0 Å². The SMILES string of the molecule is COCC(F)CSc1cnc(Nc2ccc(-c3nnn[nH]3)cn2)c(Oc2ccc(F)cc2)c1. The van der Waals surface area contributed by atoms with Crippen molar-refractivity contribution in [2.24, 2.45) is 0 Å². The standard InChI is InChI=1S/C21H19F2N7O2S/c1-31-11-15(23)12-33-17-8-18(32-16-5-3-14(22)4-6-16)21(25-10-17)26-19-7-2-13(9-24-19)20-27-29-30-28-20/h2-10,15H,11-12H2,1H3,(H,24,25,26)(H,27,28,29,30). The predicted octanol–water partition coefficient (Wildman–Crippen LogP) is 4.41. The Morgan fingerprint density at radius 1 is 1.12 bits per heavy atom. The molecule has 9 nitrogen and oxygen atoms in total. The molecular weight excluding hydrogens is 452 g/mol. The molecule has 0 aliphatic carbocycles. The van der Waals surface area contributed by atoms with Gasteiger partial charge in [-0.1, -0.05) is 0 Å². The van der Waals surface area contributed by atoms with Crippen molar-refractivity contribution in [2.45, 2.75) is 11.1 Å². The van der Waals surface area contributed by atoms with Gasteiger partial charge in [0.25, 0.3) is 0 Å². The number of H-pyrrole nitrogens is 1. The molecule has 0 fully saturated rings. The van der Waals surface area contributed by atoms with Gasteiger partial charge < -0.3 is 14.8 Å². The molecule has 0 saturated carbocycles. The van der Waals surface area contributed by atoms with Gasteiger partial charge in [0.05, 0.1) is 6.61 Å². The number of thioether (sulfide) groups is 1. The minimum atomic E-state index is -1.11. The van der Waals surface area contributed by atoms with E-state index >= 15 is 0 Å². The predicted molar refractivity (Wildman–Crippen MR) is 119 cm³/mol. The van der Waals surface area contributed by atoms with E-state index in [0.29, 0.717) is 39.4 Å². The van der Waals surface area contributed by atoms with Crippen molar-refractivity contribution in [1.29, 1.82) is 0 Å². The molecule has 1 aromatic carbocycles. The zero-order valence-corrected chi connectivity index (χ0v) is 18.2. The second-order valence-electron chi connectivity index (χ2n) is 6.74. The van der Waals surface area contributed by atoms with E-state index in [1.165, 1.54) is 43.1 Å². The fraction of sp³-hybridized carbons (Fsp3) is 0.190. The Balaban J connectivity index is 1.55. The van der Waals surface area contributed by atoms with Crippen LogP contribution in [0, 0.1) is 5.82 Å². The van der Waals surface area contributed by atoms with Crippen LogP contribution in [-0.4, -0.2) is 56.2 Å². The summed E-state index contributed by atoms with van der Waals surface area (Å²) < 4.78 is 37.8. The van der Waals surface area contributed by atoms with Crippen molar-refractivity contribution < 1.29 is 18.3 Å². The van der Waals surface area contributed by atoms with Gasteiger partial charge >= 0.3 is 0 Å². The minimum absolute atomic E-state index is 0.0187. The number of hydrogen-bond donors (Lipinski definition) is 2. The van der Waals surface area contributed by atoms with Gasteiger partial charge in [0.15, 0.2) is 17.4 Å². The first-order valence-corrected chi connectivity index (χ1v) is 10.8. The molecule has 1 unspecified atom stereocenters. The molecule has 33 heavy (non-hydrogen) atoms. The van der Waals surface area contributed by atoms with E-state index in [9.17, 15) is 8.78 Å². The summed E-state index contributed by atoms with van der Waals surface area (Å²) in [5.74, 6) is 2.02. The Hall–Kier alpha value is -3.64. The first-order valence-electron chi connectivity index (χ1n) is 9.77. The summed E-state index contributed by atoms with van der Waals surface area (Å²) in [5, 5.41) is 16.7. The Bertz CT molecular complexity index is 1160. The summed E-state index contributed by atoms with van der Waals surface area (Å²) in [7, 11) is 1.46. The first kappa shape index (κ1) is 22.6. The van der Waals surface area contributed by atoms with Crippen molar-refractivity contribution >= 4 is 23.4 Å². The van der Waals surface area contributed by atoms with Gasteiger partial charge in [0.2, 0.25) is 0 Å². The molecule has 0 radical (unpaired) electrons. The fourth-order valence-electron chi connectivity index (χ4n) is 2.73. The van der Waals surface area contributed by atoms with Gasteiger partial charge in [-0.2, -0.15) is 0 Å². The Kier molecular flexibility index (Phi) is 7.37. The number of nitrogens with zero attached hydrogens (tertiary/aromatic N) is 5. The number of aromatic nitrogens is 6. The van der Waals surface area contributed by atoms with Crippen molar-refractivity contribution in [2.75, 3.05) is 24.8 Å². The lowest BCUT2D eigenvalue weighted by Gasteiger charge is -2.14. The molecule has 1 atom stereocenters. The molecule has 0 saturated heterocycles. The number of anilines is 2. The average Bonchev–Trinajstić information content (AvgIpc) is 3.36. The van der Waals surface area contributed by atoms with Gasteiger partial charge in [-0.15, -0.1) is 16.9 Å². The molecular formula is C21H19F2N7O2S. The van der Waals surface area contributed by atoms with Crippen molar-refractivity contribution in [1.82, 2.24) is 30.6 Å². The molecule has 0 aliphatic rings. The quantitative estimate of drug-likeness (QED) is 0.325. The number of benzene rings is 1. The van der Waals surface area contributed by atoms with Crippen LogP contribution in [0.4, 0.5) is 20.4 Å². The van der Waals surface area contributed by atoms with Crippen LogP contribution in [0.2, 0.25) is 0 Å². The molecule has 170 valence electrons. The van der Waals surface area contributed by atoms with E-state index in [0.717, 1.165) is 0 Å². The number of ether oxygens (including phenoxy) is 2. The molecule has 0 spiro atoms. The number of nitrogens with one attached hydrogen (secondary N) is 2. The number of halogens is 2. The van der Waals surface area contributed by atoms with E-state index < -0.39 is 6.17 Å². The van der Waals surface area contributed by atoms with Crippen molar-refractivity contribution in [3.8, 4) is 22.9 Å². The number of pyridine rings is 2. The van der Waals surface area contributed by atoms with Gasteiger partial charge in [-0.05, 0) is 52.9 Å². The second-order valence-corrected chi connectivity index (χ2v) is 7.84. The summed E-state index contributed by atoms with van der Waals surface area (Å²) in [5.41, 5.74) is 0.713. The monoisotopic (exact) mass is 471 g/mol. The van der Waals surface area contributed by atoms with E-state index in [-0.39, 0.29) is 18.2 Å². The van der Waals surface area contributed by atoms with Crippen LogP contribution >= 0.6 is 11.8 Å². The van der Waals surface area contributed by atoms with E-state index in [1.54, 1.807) is 30.6 Å². The highest BCUT2D eigenvalue weighted by atomic mass is 32.2. The lowest BCUT2D eigenvalue weighted by atomic mass is 10.2. The lowest BCUT2D eigenvalue weighted by Crippen LogP contribution is -2.11. The molecule has 3 heterocycles. The highest BCUT2D eigenvalue weighted by Gasteiger charge is 2.13. The van der Waals surface area contributed by atoms with Gasteiger partial charge in [0, 0.05) is 35.7 Å². The molecule has 0 aliphatic heterocycles. The van der Waals surface area contributed by atoms with Gasteiger partial charge in [-0.25, -0.2) is 23.8 Å². The maximum Gasteiger partial charge on any atom is 0.180 e. The zero-order valence-electron chi connectivity index (χ0n) is 17.4. The van der Waals surface area contributed by atoms with Gasteiger partial charge in [0.1, 0.15) is 23.6 Å². The van der Waals surface area contributed by atoms with Crippen molar-refractivity contribution in [3.05, 3.63) is 60.7 Å². The second kappa shape index (κ2) is 10.8. The molecule has 4 aromatic rings. The fourth-order valence-corrected chi connectivity index (χ4v) is 3.52. The number of tetrazole rings is 1. The maximum absolute atomic E-state index is 13.8. The van der Waals surface area contributed by atoms with Crippen LogP contribution < -0.4 is 10.1 Å². The van der Waals surface area contributed by atoms with E-state index in [2.05, 4.69) is 35.9 Å². The van der Waals surface area contributed by atoms with E-state index in [4.69, 9.17) is 9.47 Å². The molecule has 12 heteroatoms. The highest BCUT2D eigenvalue weighted by Crippen LogP contribution is 2.34. The third-order valence-corrected chi connectivity index (χ3v) is 5.36. The van der Waals surface area contributed by atoms with Crippen LogP contribution in [0.15, 0.2) is 59.8 Å². The zero-order chi connectivity index (χ0) is 23.0. The van der Waals surface area contributed by atoms with E-state index in [1.807, 2.05) is 0 Å². The number of rotatable bonds is 10. The molecule has 0 amide bonds. The largest absolute Gasteiger partial charge is 0.453 e. The van der Waals surface area contributed by atoms with Crippen LogP contribution in [0.1, 0.15) is 0 Å². The number of methoxy groups -OCH3 is 1. The van der Waals surface area contributed by atoms with Crippen LogP contribution in [0.3, 0.4) is 0 Å². The average molecular weight is 471 g/mol. The summed E-state index contributed by atoms with van der Waals surface area (Å²) >= 11 is 1.29. The molecule has 2 N–H and O–H groups in total. The first-order chi connectivity index (χ1) is 16.1. The lowest BCUT2D eigenvalue weighted by molar-refractivity contribution is 0.135. The Labute approximate surface area is 192 Å². The maximum atomic E-state index is 13.8. The number of hydrogen-bond acceptors (Lipinski definition) is 9. The van der Waals surface area contributed by atoms with Crippen LogP contribution in [0.5, 0.6) is 11.5 Å². The van der Waals surface area contributed by atoms with Crippen LogP contribution in [0.25, 0.3) is 11.4 Å². The Morgan fingerprint density at radius 2 is 1.97 bits per heavy atom. The normalized spacial score (nSPS) is 11.8. The number of aromatic amines is 1. The molecule has 3 aromatic heterocycles. The summed E-state index contributed by atoms with van der Waals surface area (Å²) in [4.78, 5) is 9.48. The number of alkyl halides is 1. The minimum Gasteiger partial charge on any atom is -0.453 e. The third kappa shape index (κ3) is 6.20. The third-order valence-electron chi connectivity index (χ3n) is 4.28. The topological polar surface area (TPSA) is 111 Å². The Morgan fingerprint density at radius 3 is 2.67 bits per heavy atom.